The van der Waals surface area contributed by atoms with Crippen LogP contribution in [0.5, 0.6) is 0 Å². The van der Waals surface area contributed by atoms with Crippen molar-refractivity contribution >= 4 is 5.97 Å². The summed E-state index contributed by atoms with van der Waals surface area (Å²) < 4.78 is 10.3. The van der Waals surface area contributed by atoms with Gasteiger partial charge in [-0.2, -0.15) is 0 Å². The number of rotatable bonds is 6. The van der Waals surface area contributed by atoms with E-state index in [4.69, 9.17) is 15.2 Å². The van der Waals surface area contributed by atoms with Crippen LogP contribution in [0.1, 0.15) is 34.6 Å². The Hall–Kier alpha value is -0.610. The summed E-state index contributed by atoms with van der Waals surface area (Å²) in [6.07, 6.45) is 0. The molecule has 0 aliphatic rings. The highest BCUT2D eigenvalue weighted by molar-refractivity contribution is 5.76. The fraction of sp³-hybridized carbons (Fsp3) is 0.917. The molecule has 1 atom stereocenters. The van der Waals surface area contributed by atoms with Gasteiger partial charge in [0.25, 0.3) is 0 Å². The number of hydrogen-bond acceptors (Lipinski definition) is 4. The molecule has 0 aliphatic heterocycles. The summed E-state index contributed by atoms with van der Waals surface area (Å²) in [5.41, 5.74) is 5.47. The Kier molecular flexibility index (Phi) is 6.60. The molecule has 0 aliphatic carbocycles. The summed E-state index contributed by atoms with van der Waals surface area (Å²) >= 11 is 0. The highest BCUT2D eigenvalue weighted by Crippen LogP contribution is 2.18. The van der Waals surface area contributed by atoms with Crippen LogP contribution in [0.3, 0.4) is 0 Å². The van der Waals surface area contributed by atoms with Gasteiger partial charge in [0.15, 0.2) is 0 Å². The third-order valence-corrected chi connectivity index (χ3v) is 2.11. The Morgan fingerprint density at radius 3 is 2.25 bits per heavy atom. The molecule has 2 N–H and O–H groups in total. The van der Waals surface area contributed by atoms with Crippen molar-refractivity contribution in [1.82, 2.24) is 0 Å². The van der Waals surface area contributed by atoms with E-state index in [1.54, 1.807) is 0 Å². The van der Waals surface area contributed by atoms with Crippen molar-refractivity contribution in [2.45, 2.75) is 40.7 Å². The zero-order chi connectivity index (χ0) is 12.8. The number of esters is 1. The van der Waals surface area contributed by atoms with Gasteiger partial charge in [-0.3, -0.25) is 4.79 Å². The van der Waals surface area contributed by atoms with E-state index in [0.717, 1.165) is 0 Å². The molecule has 4 heteroatoms. The summed E-state index contributed by atoms with van der Waals surface area (Å²) in [6, 6.07) is -0.586. The number of ether oxygens (including phenoxy) is 2. The van der Waals surface area contributed by atoms with Crippen molar-refractivity contribution in [3.63, 3.8) is 0 Å². The smallest absolute Gasteiger partial charge is 0.323 e. The second kappa shape index (κ2) is 6.86. The molecule has 0 saturated carbocycles. The zero-order valence-corrected chi connectivity index (χ0v) is 11.1. The van der Waals surface area contributed by atoms with Crippen molar-refractivity contribution in [1.29, 1.82) is 0 Å². The van der Waals surface area contributed by atoms with Crippen LogP contribution in [-0.4, -0.2) is 31.8 Å². The van der Waals surface area contributed by atoms with Crippen LogP contribution in [-0.2, 0) is 14.3 Å². The second-order valence-electron chi connectivity index (χ2n) is 5.48. The minimum Gasteiger partial charge on any atom is -0.462 e. The Balaban J connectivity index is 3.66. The summed E-state index contributed by atoms with van der Waals surface area (Å²) in [5, 5.41) is 0. The maximum absolute atomic E-state index is 11.5. The number of carbonyl (C=O) groups excluding carboxylic acids is 1. The van der Waals surface area contributed by atoms with Gasteiger partial charge in [0.1, 0.15) is 12.6 Å². The van der Waals surface area contributed by atoms with Crippen molar-refractivity contribution in [2.75, 3.05) is 19.8 Å². The van der Waals surface area contributed by atoms with Crippen molar-refractivity contribution in [3.05, 3.63) is 0 Å². The van der Waals surface area contributed by atoms with Gasteiger partial charge in [0.05, 0.1) is 6.61 Å². The van der Waals surface area contributed by atoms with E-state index in [2.05, 4.69) is 13.8 Å². The van der Waals surface area contributed by atoms with E-state index < -0.39 is 6.04 Å². The molecule has 0 bridgehead atoms. The van der Waals surface area contributed by atoms with Gasteiger partial charge in [-0.15, -0.1) is 0 Å². The van der Waals surface area contributed by atoms with Crippen LogP contribution < -0.4 is 5.73 Å². The van der Waals surface area contributed by atoms with Crippen molar-refractivity contribution in [3.8, 4) is 0 Å². The van der Waals surface area contributed by atoms with Crippen LogP contribution in [0.25, 0.3) is 0 Å². The first-order valence-electron chi connectivity index (χ1n) is 5.75. The lowest BCUT2D eigenvalue weighted by Gasteiger charge is -2.24. The van der Waals surface area contributed by atoms with E-state index in [0.29, 0.717) is 19.1 Å². The molecule has 16 heavy (non-hydrogen) atoms. The van der Waals surface area contributed by atoms with Gasteiger partial charge < -0.3 is 15.2 Å². The fourth-order valence-corrected chi connectivity index (χ4v) is 0.964. The highest BCUT2D eigenvalue weighted by Gasteiger charge is 2.28. The van der Waals surface area contributed by atoms with Gasteiger partial charge >= 0.3 is 5.97 Å². The lowest BCUT2D eigenvalue weighted by molar-refractivity contribution is -0.149. The molecule has 0 rings (SSSR count). The molecule has 0 aromatic rings. The minimum atomic E-state index is -0.586. The van der Waals surface area contributed by atoms with Crippen LogP contribution in [0, 0.1) is 11.3 Å². The SMILES string of the molecule is CC(C)COCCOC(=O)[C@H](N)C(C)(C)C. The fourth-order valence-electron chi connectivity index (χ4n) is 0.964. The number of carbonyl (C=O) groups is 1. The van der Waals surface area contributed by atoms with Crippen molar-refractivity contribution < 1.29 is 14.3 Å². The lowest BCUT2D eigenvalue weighted by atomic mass is 9.87. The zero-order valence-electron chi connectivity index (χ0n) is 11.1. The Labute approximate surface area is 98.5 Å². The van der Waals surface area contributed by atoms with Gasteiger partial charge in [-0.1, -0.05) is 34.6 Å². The highest BCUT2D eigenvalue weighted by atomic mass is 16.6. The van der Waals surface area contributed by atoms with Crippen LogP contribution in [0.2, 0.25) is 0 Å². The van der Waals surface area contributed by atoms with Crippen LogP contribution in [0.15, 0.2) is 0 Å². The molecule has 0 aromatic carbocycles. The van der Waals surface area contributed by atoms with Gasteiger partial charge in [-0.05, 0) is 11.3 Å². The molecule has 0 heterocycles. The molecule has 96 valence electrons. The molecule has 0 spiro atoms. The predicted molar refractivity (Wildman–Crippen MR) is 64.0 cm³/mol. The van der Waals surface area contributed by atoms with Gasteiger partial charge in [0, 0.05) is 6.61 Å². The molecule has 0 amide bonds. The summed E-state index contributed by atoms with van der Waals surface area (Å²) in [7, 11) is 0. The molecule has 0 fully saturated rings. The van der Waals surface area contributed by atoms with E-state index in [1.807, 2.05) is 20.8 Å². The molecule has 4 nitrogen and oxygen atoms in total. The van der Waals surface area contributed by atoms with Gasteiger partial charge in [0.2, 0.25) is 0 Å². The largest absolute Gasteiger partial charge is 0.462 e. The summed E-state index contributed by atoms with van der Waals surface area (Å²) in [6.45, 7) is 11.3. The Morgan fingerprint density at radius 2 is 1.81 bits per heavy atom. The first-order valence-corrected chi connectivity index (χ1v) is 5.75. The average Bonchev–Trinajstić information content (AvgIpc) is 2.13. The molecule has 0 unspecified atom stereocenters. The van der Waals surface area contributed by atoms with Crippen molar-refractivity contribution in [2.24, 2.45) is 17.1 Å². The van der Waals surface area contributed by atoms with E-state index in [-0.39, 0.29) is 18.0 Å². The summed E-state index contributed by atoms with van der Waals surface area (Å²) in [5.74, 6) is 0.133. The molecule has 0 aromatic heterocycles. The normalized spacial score (nSPS) is 13.9. The Bertz CT molecular complexity index is 209. The maximum atomic E-state index is 11.5. The molecular formula is C12H25NO3. The molecule has 0 radical (unpaired) electrons. The molecular weight excluding hydrogens is 206 g/mol. The topological polar surface area (TPSA) is 61.5 Å². The van der Waals surface area contributed by atoms with E-state index >= 15 is 0 Å². The number of hydrogen-bond donors (Lipinski definition) is 1. The average molecular weight is 231 g/mol. The Morgan fingerprint density at radius 1 is 1.25 bits per heavy atom. The van der Waals surface area contributed by atoms with Crippen LogP contribution in [0.4, 0.5) is 0 Å². The first-order chi connectivity index (χ1) is 7.25. The third kappa shape index (κ3) is 6.80. The third-order valence-electron chi connectivity index (χ3n) is 2.11. The van der Waals surface area contributed by atoms with Crippen LogP contribution >= 0.6 is 0 Å². The first kappa shape index (κ1) is 15.4. The molecule has 0 saturated heterocycles. The lowest BCUT2D eigenvalue weighted by Crippen LogP contribution is -2.43. The van der Waals surface area contributed by atoms with Gasteiger partial charge in [-0.25, -0.2) is 0 Å². The monoisotopic (exact) mass is 231 g/mol. The van der Waals surface area contributed by atoms with E-state index in [1.165, 1.54) is 0 Å². The maximum Gasteiger partial charge on any atom is 0.323 e. The second-order valence-corrected chi connectivity index (χ2v) is 5.48. The minimum absolute atomic E-state index is 0.268. The number of nitrogens with two attached hydrogens (primary N) is 1. The van der Waals surface area contributed by atoms with E-state index in [9.17, 15) is 4.79 Å². The quantitative estimate of drug-likeness (QED) is 0.557. The summed E-state index contributed by atoms with van der Waals surface area (Å²) in [4.78, 5) is 11.5. The predicted octanol–water partition coefficient (Wildman–Crippen LogP) is 1.58. The standard InChI is InChI=1S/C12H25NO3/c1-9(2)8-15-6-7-16-11(14)10(13)12(3,4)5/h9-10H,6-8,13H2,1-5H3/t10-/m0/s1.